The van der Waals surface area contributed by atoms with Gasteiger partial charge in [-0.2, -0.15) is 10.4 Å². The highest BCUT2D eigenvalue weighted by molar-refractivity contribution is 6.01. The smallest absolute Gasteiger partial charge is 0.315 e. The molecule has 8 nitrogen and oxygen atoms in total. The predicted molar refractivity (Wildman–Crippen MR) is 99.5 cm³/mol. The molecule has 0 bridgehead atoms. The number of fused-ring (bicyclic) bond motifs is 1. The van der Waals surface area contributed by atoms with Gasteiger partial charge in [-0.15, -0.1) is 0 Å². The largest absolute Gasteiger partial charge is 0.351 e. The van der Waals surface area contributed by atoms with E-state index < -0.39 is 23.3 Å². The molecule has 0 unspecified atom stereocenters. The molecule has 2 aromatic rings. The molecule has 9 heteroatoms. The van der Waals surface area contributed by atoms with Crippen LogP contribution in [0.25, 0.3) is 11.3 Å². The van der Waals surface area contributed by atoms with Crippen molar-refractivity contribution < 1.29 is 14.0 Å². The minimum Gasteiger partial charge on any atom is -0.351 e. The molecular formula is C19H21FN6O2. The molecule has 0 atom stereocenters. The molecule has 2 heterocycles. The van der Waals surface area contributed by atoms with Gasteiger partial charge in [-0.1, -0.05) is 0 Å². The van der Waals surface area contributed by atoms with Crippen molar-refractivity contribution in [1.82, 2.24) is 20.0 Å². The van der Waals surface area contributed by atoms with Gasteiger partial charge in [-0.05, 0) is 39.0 Å². The zero-order valence-electron chi connectivity index (χ0n) is 15.9. The molecule has 0 fully saturated rings. The summed E-state index contributed by atoms with van der Waals surface area (Å²) >= 11 is 0. The molecule has 3 rings (SSSR count). The Morgan fingerprint density at radius 1 is 1.29 bits per heavy atom. The van der Waals surface area contributed by atoms with E-state index in [4.69, 9.17) is 11.0 Å². The second-order valence-electron chi connectivity index (χ2n) is 7.70. The Morgan fingerprint density at radius 3 is 2.61 bits per heavy atom. The number of amides is 3. The molecule has 0 spiro atoms. The molecule has 28 heavy (non-hydrogen) atoms. The Morgan fingerprint density at radius 2 is 2.00 bits per heavy atom. The van der Waals surface area contributed by atoms with Crippen molar-refractivity contribution in [3.05, 3.63) is 40.8 Å². The zero-order valence-corrected chi connectivity index (χ0v) is 15.9. The van der Waals surface area contributed by atoms with Crippen LogP contribution in [0.3, 0.4) is 0 Å². The highest BCUT2D eigenvalue weighted by atomic mass is 19.1. The summed E-state index contributed by atoms with van der Waals surface area (Å²) in [7, 11) is 0. The van der Waals surface area contributed by atoms with Crippen molar-refractivity contribution in [1.29, 1.82) is 5.26 Å². The van der Waals surface area contributed by atoms with Gasteiger partial charge in [0.15, 0.2) is 0 Å². The fourth-order valence-electron chi connectivity index (χ4n) is 3.14. The van der Waals surface area contributed by atoms with Gasteiger partial charge in [0, 0.05) is 17.6 Å². The highest BCUT2D eigenvalue weighted by Gasteiger charge is 2.31. The molecular weight excluding hydrogens is 363 g/mol. The Kier molecular flexibility index (Phi) is 4.81. The lowest BCUT2D eigenvalue weighted by molar-refractivity contribution is 0.0916. The lowest BCUT2D eigenvalue weighted by atomic mass is 10.0. The fourth-order valence-corrected chi connectivity index (χ4v) is 3.14. The van der Waals surface area contributed by atoms with Gasteiger partial charge in [0.1, 0.15) is 11.5 Å². The number of carbonyl (C=O) groups is 2. The zero-order chi connectivity index (χ0) is 20.6. The lowest BCUT2D eigenvalue weighted by Gasteiger charge is -2.27. The third-order valence-electron chi connectivity index (χ3n) is 4.31. The number of benzene rings is 1. The van der Waals surface area contributed by atoms with Crippen LogP contribution >= 0.6 is 0 Å². The monoisotopic (exact) mass is 384 g/mol. The van der Waals surface area contributed by atoms with E-state index >= 15 is 0 Å². The van der Waals surface area contributed by atoms with Crippen LogP contribution in [0, 0.1) is 17.1 Å². The van der Waals surface area contributed by atoms with E-state index in [2.05, 4.69) is 10.4 Å². The standard InChI is InChI=1S/C19H21FN6O2/c1-19(2,3)23-17(27)15-14-10-25(18(22)28)4-5-26(14)24-16(15)12-6-11(9-21)7-13(20)8-12/h6-8H,4-5,10H2,1-3H3,(H2,22,28)(H,23,27). The molecule has 146 valence electrons. The van der Waals surface area contributed by atoms with Crippen LogP contribution in [0.1, 0.15) is 42.4 Å². The predicted octanol–water partition coefficient (Wildman–Crippen LogP) is 1.98. The van der Waals surface area contributed by atoms with Crippen LogP contribution in [0.5, 0.6) is 0 Å². The molecule has 1 aromatic carbocycles. The van der Waals surface area contributed by atoms with Crippen LogP contribution in [-0.2, 0) is 13.1 Å². The number of nitrogens with two attached hydrogens (primary N) is 1. The molecule has 0 radical (unpaired) electrons. The number of aromatic nitrogens is 2. The second-order valence-corrected chi connectivity index (χ2v) is 7.70. The maximum atomic E-state index is 14.0. The van der Waals surface area contributed by atoms with Crippen molar-refractivity contribution in [3.8, 4) is 17.3 Å². The minimum atomic E-state index is -0.596. The van der Waals surface area contributed by atoms with Gasteiger partial charge < -0.3 is 16.0 Å². The SMILES string of the molecule is CC(C)(C)NC(=O)c1c(-c2cc(F)cc(C#N)c2)nn2c1CN(C(N)=O)CC2. The number of nitrogens with zero attached hydrogens (tertiary/aromatic N) is 4. The molecule has 0 aliphatic carbocycles. The van der Waals surface area contributed by atoms with Crippen molar-refractivity contribution in [2.75, 3.05) is 6.54 Å². The van der Waals surface area contributed by atoms with E-state index in [1.165, 1.54) is 17.0 Å². The molecule has 3 N–H and O–H groups in total. The summed E-state index contributed by atoms with van der Waals surface area (Å²) in [5.74, 6) is -0.987. The summed E-state index contributed by atoms with van der Waals surface area (Å²) in [5.41, 5.74) is 6.36. The van der Waals surface area contributed by atoms with Crippen LogP contribution < -0.4 is 11.1 Å². The van der Waals surface area contributed by atoms with Crippen LogP contribution in [0.15, 0.2) is 18.2 Å². The molecule has 3 amide bonds. The number of hydrogen-bond acceptors (Lipinski definition) is 4. The number of rotatable bonds is 2. The number of urea groups is 1. The minimum absolute atomic E-state index is 0.121. The first-order valence-electron chi connectivity index (χ1n) is 8.76. The first kappa shape index (κ1) is 19.4. The highest BCUT2D eigenvalue weighted by Crippen LogP contribution is 2.30. The summed E-state index contributed by atoms with van der Waals surface area (Å²) in [4.78, 5) is 26.1. The molecule has 0 saturated heterocycles. The quantitative estimate of drug-likeness (QED) is 0.823. The number of nitrogens with one attached hydrogen (secondary N) is 1. The van der Waals surface area contributed by atoms with Crippen LogP contribution in [-0.4, -0.2) is 38.7 Å². The van der Waals surface area contributed by atoms with Crippen molar-refractivity contribution in [2.45, 2.75) is 39.4 Å². The number of nitriles is 1. The number of carbonyl (C=O) groups excluding carboxylic acids is 2. The Balaban J connectivity index is 2.18. The summed E-state index contributed by atoms with van der Waals surface area (Å²) in [6, 6.07) is 5.14. The van der Waals surface area contributed by atoms with Crippen LogP contribution in [0.2, 0.25) is 0 Å². The molecule has 1 aliphatic heterocycles. The van der Waals surface area contributed by atoms with E-state index in [0.29, 0.717) is 24.3 Å². The van der Waals surface area contributed by atoms with Gasteiger partial charge in [0.25, 0.3) is 5.91 Å². The molecule has 1 aromatic heterocycles. The van der Waals surface area contributed by atoms with Crippen LogP contribution in [0.4, 0.5) is 9.18 Å². The van der Waals surface area contributed by atoms with Gasteiger partial charge in [-0.3, -0.25) is 9.48 Å². The normalized spacial score (nSPS) is 13.6. The fraction of sp³-hybridized carbons (Fsp3) is 0.368. The maximum absolute atomic E-state index is 14.0. The number of halogens is 1. The van der Waals surface area contributed by atoms with Crippen molar-refractivity contribution >= 4 is 11.9 Å². The van der Waals surface area contributed by atoms with E-state index in [-0.39, 0.29) is 23.4 Å². The van der Waals surface area contributed by atoms with Crippen molar-refractivity contribution in [3.63, 3.8) is 0 Å². The number of primary amides is 1. The summed E-state index contributed by atoms with van der Waals surface area (Å²) < 4.78 is 15.6. The van der Waals surface area contributed by atoms with Crippen molar-refractivity contribution in [2.24, 2.45) is 5.73 Å². The third kappa shape index (κ3) is 3.81. The average Bonchev–Trinajstić information content (AvgIpc) is 2.98. The van der Waals surface area contributed by atoms with Gasteiger partial charge in [0.2, 0.25) is 0 Å². The third-order valence-corrected chi connectivity index (χ3v) is 4.31. The Bertz CT molecular complexity index is 999. The Hall–Kier alpha value is -3.41. The second kappa shape index (κ2) is 6.96. The maximum Gasteiger partial charge on any atom is 0.315 e. The lowest BCUT2D eigenvalue weighted by Crippen LogP contribution is -2.44. The first-order chi connectivity index (χ1) is 13.1. The molecule has 0 saturated carbocycles. The summed E-state index contributed by atoms with van der Waals surface area (Å²) in [6.07, 6.45) is 0. The van der Waals surface area contributed by atoms with E-state index in [1.807, 2.05) is 26.8 Å². The summed E-state index contributed by atoms with van der Waals surface area (Å²) in [5, 5.41) is 16.5. The Labute approximate surface area is 161 Å². The van der Waals surface area contributed by atoms with E-state index in [0.717, 1.165) is 6.07 Å². The van der Waals surface area contributed by atoms with Gasteiger partial charge in [-0.25, -0.2) is 9.18 Å². The number of hydrogen-bond donors (Lipinski definition) is 2. The van der Waals surface area contributed by atoms with Gasteiger partial charge >= 0.3 is 6.03 Å². The van der Waals surface area contributed by atoms with E-state index in [9.17, 15) is 14.0 Å². The van der Waals surface area contributed by atoms with E-state index in [1.54, 1.807) is 4.68 Å². The first-order valence-corrected chi connectivity index (χ1v) is 8.76. The molecule has 1 aliphatic rings. The topological polar surface area (TPSA) is 117 Å². The van der Waals surface area contributed by atoms with Gasteiger partial charge in [0.05, 0.1) is 36.0 Å². The average molecular weight is 384 g/mol. The summed E-state index contributed by atoms with van der Waals surface area (Å²) in [6.45, 7) is 6.35.